The van der Waals surface area contributed by atoms with Crippen LogP contribution in [0.3, 0.4) is 0 Å². The van der Waals surface area contributed by atoms with E-state index in [-0.39, 0.29) is 18.5 Å². The zero-order chi connectivity index (χ0) is 43.0. The van der Waals surface area contributed by atoms with Crippen LogP contribution in [-0.4, -0.2) is 47.4 Å². The summed E-state index contributed by atoms with van der Waals surface area (Å²) in [7, 11) is 0. The maximum Gasteiger partial charge on any atom is 0.305 e. The summed E-state index contributed by atoms with van der Waals surface area (Å²) in [5, 5.41) is 23.1. The average Bonchev–Trinajstić information content (AvgIpc) is 3.24. The fourth-order valence-corrected chi connectivity index (χ4v) is 8.01. The summed E-state index contributed by atoms with van der Waals surface area (Å²) in [6.45, 7) is 4.82. The zero-order valence-electron chi connectivity index (χ0n) is 39.5. The Balaban J connectivity index is 3.43. The number of hydrogen-bond acceptors (Lipinski definition) is 5. The number of rotatable bonds is 48. The van der Waals surface area contributed by atoms with Gasteiger partial charge in [0.25, 0.3) is 0 Å². The molecule has 348 valence electrons. The molecule has 0 aliphatic heterocycles. The van der Waals surface area contributed by atoms with Crippen LogP contribution < -0.4 is 5.32 Å². The van der Waals surface area contributed by atoms with Crippen molar-refractivity contribution < 1.29 is 24.5 Å². The molecule has 59 heavy (non-hydrogen) atoms. The number of esters is 1. The molecule has 0 spiro atoms. The topological polar surface area (TPSA) is 95.9 Å². The van der Waals surface area contributed by atoms with Gasteiger partial charge in [0, 0.05) is 12.8 Å². The molecule has 2 atom stereocenters. The van der Waals surface area contributed by atoms with Crippen LogP contribution in [0.15, 0.2) is 24.3 Å². The third-order valence-corrected chi connectivity index (χ3v) is 12.0. The van der Waals surface area contributed by atoms with E-state index in [0.29, 0.717) is 25.9 Å². The van der Waals surface area contributed by atoms with Crippen molar-refractivity contribution in [1.29, 1.82) is 0 Å². The van der Waals surface area contributed by atoms with Gasteiger partial charge in [0.15, 0.2) is 0 Å². The number of aliphatic hydroxyl groups is 2. The van der Waals surface area contributed by atoms with Gasteiger partial charge in [-0.15, -0.1) is 0 Å². The van der Waals surface area contributed by atoms with Crippen LogP contribution in [0.1, 0.15) is 277 Å². The number of nitrogens with one attached hydrogen (secondary N) is 1. The van der Waals surface area contributed by atoms with E-state index >= 15 is 0 Å². The Hall–Kier alpha value is -1.66. The van der Waals surface area contributed by atoms with Gasteiger partial charge in [-0.05, 0) is 44.9 Å². The number of carbonyl (C=O) groups is 2. The molecule has 0 aromatic rings. The van der Waals surface area contributed by atoms with E-state index in [1.165, 1.54) is 193 Å². The first-order chi connectivity index (χ1) is 29.0. The minimum absolute atomic E-state index is 0.0349. The van der Waals surface area contributed by atoms with Gasteiger partial charge < -0.3 is 20.3 Å². The molecule has 0 aliphatic carbocycles. The predicted octanol–water partition coefficient (Wildman–Crippen LogP) is 15.5. The van der Waals surface area contributed by atoms with Gasteiger partial charge in [-0.3, -0.25) is 9.59 Å². The molecule has 3 N–H and O–H groups in total. The molecule has 0 aromatic heterocycles. The van der Waals surface area contributed by atoms with Crippen molar-refractivity contribution in [2.45, 2.75) is 289 Å². The molecule has 6 heteroatoms. The van der Waals surface area contributed by atoms with Crippen molar-refractivity contribution in [3.8, 4) is 0 Å². The Kier molecular flexibility index (Phi) is 47.6. The molecule has 2 unspecified atom stereocenters. The number of ether oxygens (including phenoxy) is 1. The van der Waals surface area contributed by atoms with Crippen LogP contribution in [0.5, 0.6) is 0 Å². The molecule has 0 heterocycles. The monoisotopic (exact) mass is 832 g/mol. The summed E-state index contributed by atoms with van der Waals surface area (Å²) in [5.74, 6) is -0.0772. The molecule has 0 saturated heterocycles. The average molecular weight is 832 g/mol. The highest BCUT2D eigenvalue weighted by Crippen LogP contribution is 2.16. The van der Waals surface area contributed by atoms with Crippen LogP contribution in [0, 0.1) is 0 Å². The first-order valence-electron chi connectivity index (χ1n) is 26.1. The molecule has 0 bridgehead atoms. The van der Waals surface area contributed by atoms with Gasteiger partial charge in [0.05, 0.1) is 25.4 Å². The summed E-state index contributed by atoms with van der Waals surface area (Å²) >= 11 is 0. The van der Waals surface area contributed by atoms with Crippen LogP contribution in [-0.2, 0) is 14.3 Å². The standard InChI is InChI=1S/C53H101NO5/c1-3-5-7-9-11-13-14-27-31-35-39-43-47-53(58)59-48-44-40-36-32-28-25-23-21-19-17-15-16-18-20-22-24-26-30-34-38-42-46-52(57)54-50(49-55)51(56)45-41-37-33-29-12-10-8-6-4-2/h25,28,36,40,50-51,55-56H,3-24,26-27,29-35,37-39,41-49H2,1-2H3,(H,54,57)/b28-25-,40-36-. The molecule has 6 nitrogen and oxygen atoms in total. The van der Waals surface area contributed by atoms with Crippen LogP contribution in [0.2, 0.25) is 0 Å². The number of allylic oxidation sites excluding steroid dienone is 3. The first-order valence-corrected chi connectivity index (χ1v) is 26.1. The lowest BCUT2D eigenvalue weighted by molar-refractivity contribution is -0.143. The number of carbonyl (C=O) groups excluding carboxylic acids is 2. The maximum atomic E-state index is 12.4. The Labute approximate surface area is 367 Å². The Morgan fingerprint density at radius 3 is 1.29 bits per heavy atom. The molecule has 0 aromatic carbocycles. The molecular formula is C53H101NO5. The van der Waals surface area contributed by atoms with Crippen molar-refractivity contribution in [2.24, 2.45) is 0 Å². The van der Waals surface area contributed by atoms with Crippen LogP contribution >= 0.6 is 0 Å². The molecule has 0 fully saturated rings. The lowest BCUT2D eigenvalue weighted by atomic mass is 10.0. The van der Waals surface area contributed by atoms with E-state index in [4.69, 9.17) is 4.74 Å². The number of hydrogen-bond donors (Lipinski definition) is 3. The second kappa shape index (κ2) is 49.0. The van der Waals surface area contributed by atoms with E-state index < -0.39 is 12.1 Å². The van der Waals surface area contributed by atoms with Gasteiger partial charge in [-0.25, -0.2) is 0 Å². The quantitative estimate of drug-likeness (QED) is 0.0322. The van der Waals surface area contributed by atoms with Gasteiger partial charge in [0.1, 0.15) is 0 Å². The summed E-state index contributed by atoms with van der Waals surface area (Å²) in [4.78, 5) is 24.3. The van der Waals surface area contributed by atoms with Crippen molar-refractivity contribution in [1.82, 2.24) is 5.32 Å². The van der Waals surface area contributed by atoms with Crippen LogP contribution in [0.25, 0.3) is 0 Å². The third-order valence-electron chi connectivity index (χ3n) is 12.0. The van der Waals surface area contributed by atoms with E-state index in [9.17, 15) is 19.8 Å². The highest BCUT2D eigenvalue weighted by molar-refractivity contribution is 5.76. The van der Waals surface area contributed by atoms with Crippen molar-refractivity contribution in [3.63, 3.8) is 0 Å². The van der Waals surface area contributed by atoms with Crippen molar-refractivity contribution in [2.75, 3.05) is 13.2 Å². The summed E-state index contributed by atoms with van der Waals surface area (Å²) in [6, 6.07) is -0.542. The molecule has 0 radical (unpaired) electrons. The van der Waals surface area contributed by atoms with E-state index in [1.807, 2.05) is 0 Å². The second-order valence-electron chi connectivity index (χ2n) is 17.9. The number of unbranched alkanes of at least 4 members (excludes halogenated alkanes) is 33. The molecular weight excluding hydrogens is 731 g/mol. The highest BCUT2D eigenvalue weighted by Gasteiger charge is 2.20. The lowest BCUT2D eigenvalue weighted by Gasteiger charge is -2.22. The second-order valence-corrected chi connectivity index (χ2v) is 17.9. The summed E-state index contributed by atoms with van der Waals surface area (Å²) in [6.07, 6.45) is 57.5. The zero-order valence-corrected chi connectivity index (χ0v) is 39.5. The van der Waals surface area contributed by atoms with E-state index in [0.717, 1.165) is 51.4 Å². The Morgan fingerprint density at radius 1 is 0.475 bits per heavy atom. The maximum absolute atomic E-state index is 12.4. The number of amides is 1. The van der Waals surface area contributed by atoms with Crippen LogP contribution in [0.4, 0.5) is 0 Å². The Bertz CT molecular complexity index is 920. The predicted molar refractivity (Wildman–Crippen MR) is 255 cm³/mol. The minimum Gasteiger partial charge on any atom is -0.465 e. The fraction of sp³-hybridized carbons (Fsp3) is 0.887. The van der Waals surface area contributed by atoms with Gasteiger partial charge in [0.2, 0.25) is 5.91 Å². The van der Waals surface area contributed by atoms with Gasteiger partial charge >= 0.3 is 5.97 Å². The van der Waals surface area contributed by atoms with Crippen molar-refractivity contribution >= 4 is 11.9 Å². The SMILES string of the molecule is CCCCCCCCCCCCCCC(=O)OCC/C=C\C/C=C\CCCCCCCCCCCCCCCCC(=O)NC(CO)C(O)CCCCCCCCCCC. The smallest absolute Gasteiger partial charge is 0.305 e. The molecule has 1 amide bonds. The normalized spacial score (nSPS) is 12.8. The first kappa shape index (κ1) is 57.3. The highest BCUT2D eigenvalue weighted by atomic mass is 16.5. The van der Waals surface area contributed by atoms with Gasteiger partial charge in [-0.1, -0.05) is 244 Å². The Morgan fingerprint density at radius 2 is 0.847 bits per heavy atom. The number of aliphatic hydroxyl groups excluding tert-OH is 2. The summed E-state index contributed by atoms with van der Waals surface area (Å²) < 4.78 is 5.40. The molecule has 0 rings (SSSR count). The molecule has 0 saturated carbocycles. The van der Waals surface area contributed by atoms with E-state index in [2.05, 4.69) is 43.5 Å². The van der Waals surface area contributed by atoms with E-state index in [1.54, 1.807) is 0 Å². The van der Waals surface area contributed by atoms with Crippen molar-refractivity contribution in [3.05, 3.63) is 24.3 Å². The third kappa shape index (κ3) is 45.7. The fourth-order valence-electron chi connectivity index (χ4n) is 8.01. The van der Waals surface area contributed by atoms with Gasteiger partial charge in [-0.2, -0.15) is 0 Å². The summed E-state index contributed by atoms with van der Waals surface area (Å²) in [5.41, 5.74) is 0. The molecule has 0 aliphatic rings. The minimum atomic E-state index is -0.664. The lowest BCUT2D eigenvalue weighted by Crippen LogP contribution is -2.45. The largest absolute Gasteiger partial charge is 0.465 e.